The van der Waals surface area contributed by atoms with Crippen molar-refractivity contribution in [2.75, 3.05) is 0 Å². The van der Waals surface area contributed by atoms with E-state index >= 15 is 0 Å². The van der Waals surface area contributed by atoms with Crippen LogP contribution in [0.2, 0.25) is 0 Å². The summed E-state index contributed by atoms with van der Waals surface area (Å²) in [6.45, 7) is 0. The minimum atomic E-state index is 0.232. The number of carbonyl (C=O) groups is 1. The molecule has 10 heavy (non-hydrogen) atoms. The number of rotatable bonds is 2. The summed E-state index contributed by atoms with van der Waals surface area (Å²) < 4.78 is 0. The normalized spacial score (nSPS) is 16.7. The van der Waals surface area contributed by atoms with Crippen LogP contribution in [0.3, 0.4) is 0 Å². The van der Waals surface area contributed by atoms with E-state index in [-0.39, 0.29) is 5.78 Å². The van der Waals surface area contributed by atoms with Crippen molar-refractivity contribution in [3.05, 3.63) is 11.6 Å². The van der Waals surface area contributed by atoms with E-state index in [2.05, 4.69) is 0 Å². The lowest BCUT2D eigenvalue weighted by atomic mass is 10.1. The molecule has 1 aliphatic carbocycles. The van der Waals surface area contributed by atoms with Gasteiger partial charge in [0.25, 0.3) is 0 Å². The molecule has 0 aromatic rings. The summed E-state index contributed by atoms with van der Waals surface area (Å²) in [5, 5.41) is 8.22. The molecule has 52 valence electrons. The van der Waals surface area contributed by atoms with Crippen molar-refractivity contribution in [3.63, 3.8) is 0 Å². The van der Waals surface area contributed by atoms with Gasteiger partial charge in [-0.2, -0.15) is 5.26 Å². The van der Waals surface area contributed by atoms with Crippen molar-refractivity contribution >= 4 is 5.78 Å². The predicted molar refractivity (Wildman–Crippen MR) is 37.2 cm³/mol. The Balaban J connectivity index is 2.42. The van der Waals surface area contributed by atoms with Gasteiger partial charge in [-0.1, -0.05) is 6.08 Å². The first kappa shape index (κ1) is 7.01. The molecule has 0 atom stereocenters. The van der Waals surface area contributed by atoms with Crippen molar-refractivity contribution in [2.24, 2.45) is 0 Å². The molecule has 0 heterocycles. The molecule has 0 unspecified atom stereocenters. The first-order valence-corrected chi connectivity index (χ1v) is 3.44. The lowest BCUT2D eigenvalue weighted by Gasteiger charge is -1.92. The van der Waals surface area contributed by atoms with Gasteiger partial charge in [-0.3, -0.25) is 4.79 Å². The van der Waals surface area contributed by atoms with Gasteiger partial charge in [-0.25, -0.2) is 0 Å². The van der Waals surface area contributed by atoms with Crippen molar-refractivity contribution in [1.29, 1.82) is 5.26 Å². The first-order valence-electron chi connectivity index (χ1n) is 3.44. The molecule has 0 aliphatic heterocycles. The van der Waals surface area contributed by atoms with Crippen LogP contribution in [0.5, 0.6) is 0 Å². The Labute approximate surface area is 60.2 Å². The Morgan fingerprint density at radius 1 is 1.70 bits per heavy atom. The number of carbonyl (C=O) groups excluding carboxylic acids is 1. The van der Waals surface area contributed by atoms with Gasteiger partial charge in [0.2, 0.25) is 0 Å². The van der Waals surface area contributed by atoms with Gasteiger partial charge in [0, 0.05) is 12.8 Å². The van der Waals surface area contributed by atoms with Crippen molar-refractivity contribution in [1.82, 2.24) is 0 Å². The fourth-order valence-electron chi connectivity index (χ4n) is 1.08. The molecule has 0 saturated heterocycles. The van der Waals surface area contributed by atoms with Crippen LogP contribution in [0.4, 0.5) is 0 Å². The molecule has 0 bridgehead atoms. The number of ketones is 1. The Kier molecular flexibility index (Phi) is 2.22. The molecule has 2 heteroatoms. The molecule has 0 N–H and O–H groups in total. The molecule has 2 nitrogen and oxygen atoms in total. The number of Topliss-reactive ketones (excluding diaryl/α,β-unsaturated/α-hetero) is 1. The highest BCUT2D eigenvalue weighted by atomic mass is 16.1. The van der Waals surface area contributed by atoms with E-state index < -0.39 is 0 Å². The van der Waals surface area contributed by atoms with Gasteiger partial charge in [-0.15, -0.1) is 0 Å². The minimum absolute atomic E-state index is 0.232. The average Bonchev–Trinajstić information content (AvgIpc) is 2.31. The van der Waals surface area contributed by atoms with Crippen molar-refractivity contribution < 1.29 is 4.79 Å². The molecule has 0 spiro atoms. The van der Waals surface area contributed by atoms with Crippen LogP contribution in [0.1, 0.15) is 25.7 Å². The zero-order chi connectivity index (χ0) is 7.40. The number of allylic oxidation sites excluding steroid dienone is 2. The van der Waals surface area contributed by atoms with Gasteiger partial charge >= 0.3 is 0 Å². The third-order valence-corrected chi connectivity index (χ3v) is 1.63. The lowest BCUT2D eigenvalue weighted by molar-refractivity contribution is -0.115. The second-order valence-corrected chi connectivity index (χ2v) is 2.35. The third kappa shape index (κ3) is 1.44. The predicted octanol–water partition coefficient (Wildman–Crippen LogP) is 1.58. The monoisotopic (exact) mass is 135 g/mol. The fraction of sp³-hybridized carbons (Fsp3) is 0.500. The van der Waals surface area contributed by atoms with E-state index in [0.717, 1.165) is 12.0 Å². The van der Waals surface area contributed by atoms with Gasteiger partial charge in [0.05, 0.1) is 6.07 Å². The van der Waals surface area contributed by atoms with E-state index in [1.807, 2.05) is 12.1 Å². The first-order chi connectivity index (χ1) is 4.84. The van der Waals surface area contributed by atoms with Crippen LogP contribution in [-0.4, -0.2) is 5.78 Å². The maximum atomic E-state index is 10.9. The van der Waals surface area contributed by atoms with Crippen molar-refractivity contribution in [3.8, 4) is 6.07 Å². The Hall–Kier alpha value is -1.10. The maximum Gasteiger partial charge on any atom is 0.158 e. The lowest BCUT2D eigenvalue weighted by Crippen LogP contribution is -1.94. The Bertz CT molecular complexity index is 210. The van der Waals surface area contributed by atoms with E-state index in [1.54, 1.807) is 0 Å². The Morgan fingerprint density at radius 3 is 3.00 bits per heavy atom. The topological polar surface area (TPSA) is 40.9 Å². The molecule has 1 rings (SSSR count). The molecule has 0 amide bonds. The molecule has 0 aromatic carbocycles. The molecular formula is C8H9NO. The second-order valence-electron chi connectivity index (χ2n) is 2.35. The SMILES string of the molecule is N#CCCC1=CCCC1=O. The van der Waals surface area contributed by atoms with E-state index in [9.17, 15) is 4.79 Å². The summed E-state index contributed by atoms with van der Waals surface area (Å²) in [5.74, 6) is 0.232. The zero-order valence-corrected chi connectivity index (χ0v) is 5.76. The molecular weight excluding hydrogens is 126 g/mol. The number of nitriles is 1. The number of nitrogens with zero attached hydrogens (tertiary/aromatic N) is 1. The van der Waals surface area contributed by atoms with E-state index in [1.165, 1.54) is 0 Å². The summed E-state index contributed by atoms with van der Waals surface area (Å²) in [6.07, 6.45) is 4.59. The van der Waals surface area contributed by atoms with Crippen LogP contribution >= 0.6 is 0 Å². The fourth-order valence-corrected chi connectivity index (χ4v) is 1.08. The number of hydrogen-bond acceptors (Lipinski definition) is 2. The van der Waals surface area contributed by atoms with Crippen LogP contribution in [0.15, 0.2) is 11.6 Å². The average molecular weight is 135 g/mol. The minimum Gasteiger partial charge on any atom is -0.295 e. The van der Waals surface area contributed by atoms with Gasteiger partial charge < -0.3 is 0 Å². The summed E-state index contributed by atoms with van der Waals surface area (Å²) in [6, 6.07) is 2.02. The Morgan fingerprint density at radius 2 is 2.50 bits per heavy atom. The maximum absolute atomic E-state index is 10.9. The summed E-state index contributed by atoms with van der Waals surface area (Å²) in [4.78, 5) is 10.9. The zero-order valence-electron chi connectivity index (χ0n) is 5.76. The molecule has 0 fully saturated rings. The molecule has 0 radical (unpaired) electrons. The van der Waals surface area contributed by atoms with Gasteiger partial charge in [0.1, 0.15) is 0 Å². The van der Waals surface area contributed by atoms with E-state index in [0.29, 0.717) is 19.3 Å². The highest BCUT2D eigenvalue weighted by molar-refractivity contribution is 5.97. The largest absolute Gasteiger partial charge is 0.295 e. The standard InChI is InChI=1S/C8H9NO/c9-6-2-4-7-3-1-5-8(7)10/h3H,1-2,4-5H2. The molecule has 1 aliphatic rings. The second kappa shape index (κ2) is 3.17. The van der Waals surface area contributed by atoms with Crippen LogP contribution < -0.4 is 0 Å². The molecule has 0 aromatic heterocycles. The smallest absolute Gasteiger partial charge is 0.158 e. The molecule has 0 saturated carbocycles. The van der Waals surface area contributed by atoms with Crippen LogP contribution in [-0.2, 0) is 4.79 Å². The third-order valence-electron chi connectivity index (χ3n) is 1.63. The van der Waals surface area contributed by atoms with E-state index in [4.69, 9.17) is 5.26 Å². The summed E-state index contributed by atoms with van der Waals surface area (Å²) in [5.41, 5.74) is 0.863. The summed E-state index contributed by atoms with van der Waals surface area (Å²) in [7, 11) is 0. The van der Waals surface area contributed by atoms with Gasteiger partial charge in [0.15, 0.2) is 5.78 Å². The quantitative estimate of drug-likeness (QED) is 0.576. The van der Waals surface area contributed by atoms with Gasteiger partial charge in [-0.05, 0) is 18.4 Å². The highest BCUT2D eigenvalue weighted by Gasteiger charge is 2.13. The highest BCUT2D eigenvalue weighted by Crippen LogP contribution is 2.17. The van der Waals surface area contributed by atoms with Crippen LogP contribution in [0, 0.1) is 11.3 Å². The van der Waals surface area contributed by atoms with Crippen LogP contribution in [0.25, 0.3) is 0 Å². The van der Waals surface area contributed by atoms with Crippen molar-refractivity contribution in [2.45, 2.75) is 25.7 Å². The number of hydrogen-bond donors (Lipinski definition) is 0. The summed E-state index contributed by atoms with van der Waals surface area (Å²) >= 11 is 0.